The molecule has 4 heteroatoms. The Morgan fingerprint density at radius 2 is 1.86 bits per heavy atom. The molecule has 0 fully saturated rings. The minimum absolute atomic E-state index is 0.183. The largest absolute Gasteiger partial charge is 0.466 e. The molecule has 0 saturated heterocycles. The van der Waals surface area contributed by atoms with E-state index < -0.39 is 0 Å². The molecule has 0 rings (SSSR count). The van der Waals surface area contributed by atoms with Crippen molar-refractivity contribution in [1.82, 2.24) is 0 Å². The van der Waals surface area contributed by atoms with Gasteiger partial charge in [0.25, 0.3) is 0 Å². The van der Waals surface area contributed by atoms with Crippen LogP contribution in [0.15, 0.2) is 9.81 Å². The molecule has 82 valence electrons. The monoisotopic (exact) mass is 234 g/mol. The summed E-state index contributed by atoms with van der Waals surface area (Å²) < 4.78 is 5.84. The lowest BCUT2D eigenvalue weighted by atomic mass is 10.1. The number of ether oxygens (including phenoxy) is 1. The number of unbranched alkanes of at least 4 members (excludes halogenated alkanes) is 1. The summed E-state index contributed by atoms with van der Waals surface area (Å²) in [6.07, 6.45) is 6.92. The summed E-state index contributed by atoms with van der Waals surface area (Å²) in [5.74, 6) is -0.183. The first-order valence-electron chi connectivity index (χ1n) is 4.60. The van der Waals surface area contributed by atoms with Crippen LogP contribution in [0.3, 0.4) is 0 Å². The van der Waals surface area contributed by atoms with E-state index in [-0.39, 0.29) is 5.97 Å². The van der Waals surface area contributed by atoms with Gasteiger partial charge in [-0.3, -0.25) is 0 Å². The van der Waals surface area contributed by atoms with Gasteiger partial charge in [0, 0.05) is 0 Å². The third-order valence-corrected chi connectivity index (χ3v) is 4.06. The molecule has 0 radical (unpaired) electrons. The van der Waals surface area contributed by atoms with Crippen molar-refractivity contribution in [1.29, 1.82) is 0 Å². The second-order valence-corrected chi connectivity index (χ2v) is 4.66. The molecule has 0 aromatic rings. The first-order valence-corrected chi connectivity index (χ1v) is 7.05. The van der Waals surface area contributed by atoms with E-state index in [0.717, 1.165) is 29.1 Å². The molecular formula is C10H18O2S2. The van der Waals surface area contributed by atoms with Crippen LogP contribution in [0.2, 0.25) is 0 Å². The Balaban J connectivity index is 4.66. The average Bonchev–Trinajstić information content (AvgIpc) is 2.23. The Labute approximate surface area is 94.9 Å². The SMILES string of the molecule is CCCCC(C(=O)OC)=C(SC)SC. The molecule has 0 aliphatic carbocycles. The van der Waals surface area contributed by atoms with Crippen LogP contribution in [0.1, 0.15) is 26.2 Å². The van der Waals surface area contributed by atoms with Crippen LogP contribution in [0.5, 0.6) is 0 Å². The molecule has 2 nitrogen and oxygen atoms in total. The third-order valence-electron chi connectivity index (χ3n) is 1.83. The topological polar surface area (TPSA) is 26.3 Å². The zero-order chi connectivity index (χ0) is 11.0. The number of esters is 1. The van der Waals surface area contributed by atoms with E-state index >= 15 is 0 Å². The fourth-order valence-electron chi connectivity index (χ4n) is 1.09. The maximum atomic E-state index is 11.5. The Kier molecular flexibility index (Phi) is 8.18. The van der Waals surface area contributed by atoms with Crippen LogP contribution in [-0.2, 0) is 9.53 Å². The number of carbonyl (C=O) groups is 1. The lowest BCUT2D eigenvalue weighted by molar-refractivity contribution is -0.136. The molecule has 0 atom stereocenters. The molecule has 0 N–H and O–H groups in total. The number of methoxy groups -OCH3 is 1. The number of carbonyl (C=O) groups excluding carboxylic acids is 1. The highest BCUT2D eigenvalue weighted by Gasteiger charge is 2.14. The smallest absolute Gasteiger partial charge is 0.335 e. The molecule has 0 amide bonds. The van der Waals surface area contributed by atoms with Gasteiger partial charge in [0.15, 0.2) is 0 Å². The van der Waals surface area contributed by atoms with Crippen molar-refractivity contribution in [3.05, 3.63) is 9.81 Å². The van der Waals surface area contributed by atoms with Crippen molar-refractivity contribution in [3.8, 4) is 0 Å². The highest BCUT2D eigenvalue weighted by atomic mass is 32.2. The summed E-state index contributed by atoms with van der Waals surface area (Å²) in [6.45, 7) is 2.12. The maximum absolute atomic E-state index is 11.5. The molecule has 0 spiro atoms. The average molecular weight is 234 g/mol. The minimum Gasteiger partial charge on any atom is -0.466 e. The van der Waals surface area contributed by atoms with Gasteiger partial charge in [0.2, 0.25) is 0 Å². The van der Waals surface area contributed by atoms with Crippen LogP contribution >= 0.6 is 23.5 Å². The van der Waals surface area contributed by atoms with Crippen LogP contribution in [-0.4, -0.2) is 25.6 Å². The van der Waals surface area contributed by atoms with Crippen LogP contribution in [0.4, 0.5) is 0 Å². The van der Waals surface area contributed by atoms with E-state index in [2.05, 4.69) is 6.92 Å². The molecule has 0 unspecified atom stereocenters. The van der Waals surface area contributed by atoms with Gasteiger partial charge in [-0.1, -0.05) is 13.3 Å². The Bertz CT molecular complexity index is 206. The zero-order valence-electron chi connectivity index (χ0n) is 9.25. The summed E-state index contributed by atoms with van der Waals surface area (Å²) in [5, 5.41) is 0. The second-order valence-electron chi connectivity index (χ2n) is 2.77. The van der Waals surface area contributed by atoms with Crippen molar-refractivity contribution in [3.63, 3.8) is 0 Å². The molecule has 0 aromatic carbocycles. The molecule has 0 heterocycles. The van der Waals surface area contributed by atoms with Crippen LogP contribution < -0.4 is 0 Å². The van der Waals surface area contributed by atoms with Crippen molar-refractivity contribution in [2.24, 2.45) is 0 Å². The highest BCUT2D eigenvalue weighted by molar-refractivity contribution is 8.21. The number of hydrogen-bond donors (Lipinski definition) is 0. The van der Waals surface area contributed by atoms with Gasteiger partial charge in [-0.05, 0) is 25.4 Å². The van der Waals surface area contributed by atoms with Gasteiger partial charge in [0.05, 0.1) is 16.9 Å². The Morgan fingerprint density at radius 3 is 2.21 bits per heavy atom. The summed E-state index contributed by atoms with van der Waals surface area (Å²) in [7, 11) is 1.44. The minimum atomic E-state index is -0.183. The first-order chi connectivity index (χ1) is 6.71. The predicted octanol–water partition coefficient (Wildman–Crippen LogP) is 3.29. The molecule has 14 heavy (non-hydrogen) atoms. The van der Waals surface area contributed by atoms with Crippen molar-refractivity contribution >= 4 is 29.5 Å². The molecule has 0 aliphatic heterocycles. The standard InChI is InChI=1S/C10H18O2S2/c1-5-6-7-8(9(11)12-2)10(13-3)14-4/h5-7H2,1-4H3. The molecule has 0 aliphatic rings. The van der Waals surface area contributed by atoms with Gasteiger partial charge in [-0.15, -0.1) is 23.5 Å². The van der Waals surface area contributed by atoms with E-state index in [1.807, 2.05) is 12.5 Å². The number of rotatable bonds is 6. The summed E-state index contributed by atoms with van der Waals surface area (Å²) in [6, 6.07) is 0. The molecule has 0 aromatic heterocycles. The molecule has 0 saturated carbocycles. The van der Waals surface area contributed by atoms with Gasteiger partial charge in [-0.2, -0.15) is 0 Å². The zero-order valence-corrected chi connectivity index (χ0v) is 10.9. The van der Waals surface area contributed by atoms with E-state index in [1.54, 1.807) is 23.5 Å². The van der Waals surface area contributed by atoms with Crippen molar-refractivity contribution in [2.75, 3.05) is 19.6 Å². The number of thioether (sulfide) groups is 2. The summed E-state index contributed by atoms with van der Waals surface area (Å²) in [5.41, 5.74) is 0.828. The fourth-order valence-corrected chi connectivity index (χ4v) is 2.62. The Morgan fingerprint density at radius 1 is 1.29 bits per heavy atom. The summed E-state index contributed by atoms with van der Waals surface area (Å²) >= 11 is 3.23. The van der Waals surface area contributed by atoms with Crippen LogP contribution in [0, 0.1) is 0 Å². The van der Waals surface area contributed by atoms with E-state index in [0.29, 0.717) is 0 Å². The van der Waals surface area contributed by atoms with Gasteiger partial charge < -0.3 is 4.74 Å². The lowest BCUT2D eigenvalue weighted by Gasteiger charge is -2.09. The third kappa shape index (κ3) is 4.42. The van der Waals surface area contributed by atoms with Crippen molar-refractivity contribution in [2.45, 2.75) is 26.2 Å². The summed E-state index contributed by atoms with van der Waals surface area (Å²) in [4.78, 5) is 11.5. The van der Waals surface area contributed by atoms with Gasteiger partial charge >= 0.3 is 5.97 Å². The predicted molar refractivity (Wildman–Crippen MR) is 65.6 cm³/mol. The van der Waals surface area contributed by atoms with Gasteiger partial charge in [0.1, 0.15) is 0 Å². The van der Waals surface area contributed by atoms with Gasteiger partial charge in [-0.25, -0.2) is 4.79 Å². The quantitative estimate of drug-likeness (QED) is 0.520. The van der Waals surface area contributed by atoms with E-state index in [9.17, 15) is 4.79 Å². The van der Waals surface area contributed by atoms with E-state index in [1.165, 1.54) is 7.11 Å². The lowest BCUT2D eigenvalue weighted by Crippen LogP contribution is -2.06. The second kappa shape index (κ2) is 8.24. The van der Waals surface area contributed by atoms with E-state index in [4.69, 9.17) is 4.74 Å². The fraction of sp³-hybridized carbons (Fsp3) is 0.700. The molecule has 0 bridgehead atoms. The van der Waals surface area contributed by atoms with Crippen molar-refractivity contribution < 1.29 is 9.53 Å². The molecular weight excluding hydrogens is 216 g/mol. The Hall–Kier alpha value is -0.0900. The maximum Gasteiger partial charge on any atom is 0.335 e. The first kappa shape index (κ1) is 13.9. The number of hydrogen-bond acceptors (Lipinski definition) is 4. The normalized spacial score (nSPS) is 9.71. The highest BCUT2D eigenvalue weighted by Crippen LogP contribution is 2.30. The van der Waals surface area contributed by atoms with Crippen LogP contribution in [0.25, 0.3) is 0 Å².